The van der Waals surface area contributed by atoms with Crippen LogP contribution in [0.5, 0.6) is 0 Å². The molecule has 2 aromatic rings. The van der Waals surface area contributed by atoms with Crippen LogP contribution in [0, 0.1) is 18.7 Å². The fourth-order valence-electron chi connectivity index (χ4n) is 1.92. The summed E-state index contributed by atoms with van der Waals surface area (Å²) in [6, 6.07) is 4.50. The van der Waals surface area contributed by atoms with Gasteiger partial charge in [0.1, 0.15) is 5.82 Å². The van der Waals surface area contributed by atoms with E-state index in [1.54, 1.807) is 19.1 Å². The Morgan fingerprint density at radius 3 is 2.83 bits per heavy atom. The Labute approximate surface area is 137 Å². The molecular weight excluding hydrogens is 317 g/mol. The standard InChI is InChI=1S/C16H18FN3O4/c1-9-7-11(3-4-12(9)17)15-19-14(24-20-15)6-5-13(21)18-8-10(2)16(22)23/h3-4,7,10H,5-6,8H2,1-2H3,(H,18,21)(H,22,23). The van der Waals surface area contributed by atoms with Crippen molar-refractivity contribution in [1.29, 1.82) is 0 Å². The number of halogens is 1. The van der Waals surface area contributed by atoms with Crippen LogP contribution in [-0.4, -0.2) is 33.7 Å². The Kier molecular flexibility index (Phi) is 5.62. The first kappa shape index (κ1) is 17.6. The summed E-state index contributed by atoms with van der Waals surface area (Å²) in [5.74, 6) is -1.60. The normalized spacial score (nSPS) is 12.0. The summed E-state index contributed by atoms with van der Waals surface area (Å²) in [6.45, 7) is 3.22. The van der Waals surface area contributed by atoms with Crippen molar-refractivity contribution in [3.8, 4) is 11.4 Å². The number of rotatable bonds is 7. The molecule has 1 aromatic carbocycles. The van der Waals surface area contributed by atoms with Gasteiger partial charge in [0.25, 0.3) is 0 Å². The van der Waals surface area contributed by atoms with Gasteiger partial charge >= 0.3 is 5.97 Å². The van der Waals surface area contributed by atoms with E-state index in [-0.39, 0.29) is 37.0 Å². The van der Waals surface area contributed by atoms with Crippen LogP contribution in [0.4, 0.5) is 4.39 Å². The van der Waals surface area contributed by atoms with E-state index >= 15 is 0 Å². The zero-order valence-electron chi connectivity index (χ0n) is 13.4. The number of nitrogens with one attached hydrogen (secondary N) is 1. The lowest BCUT2D eigenvalue weighted by molar-refractivity contribution is -0.141. The number of amides is 1. The van der Waals surface area contributed by atoms with Gasteiger partial charge in [0.15, 0.2) is 0 Å². The van der Waals surface area contributed by atoms with Gasteiger partial charge in [-0.1, -0.05) is 12.1 Å². The van der Waals surface area contributed by atoms with Crippen LogP contribution < -0.4 is 5.32 Å². The third-order valence-corrected chi connectivity index (χ3v) is 3.48. The number of nitrogens with zero attached hydrogens (tertiary/aromatic N) is 2. The Bertz CT molecular complexity index is 745. The fourth-order valence-corrected chi connectivity index (χ4v) is 1.92. The number of aliphatic carboxylic acids is 1. The molecule has 0 spiro atoms. The summed E-state index contributed by atoms with van der Waals surface area (Å²) in [5, 5.41) is 15.1. The fraction of sp³-hybridized carbons (Fsp3) is 0.375. The molecule has 0 aliphatic rings. The molecule has 0 saturated carbocycles. The van der Waals surface area contributed by atoms with E-state index in [0.29, 0.717) is 17.0 Å². The number of benzene rings is 1. The molecule has 0 aliphatic carbocycles. The number of hydrogen-bond donors (Lipinski definition) is 2. The molecule has 1 amide bonds. The van der Waals surface area contributed by atoms with Gasteiger partial charge in [0, 0.05) is 24.9 Å². The lowest BCUT2D eigenvalue weighted by atomic mass is 10.1. The molecule has 2 rings (SSSR count). The Morgan fingerprint density at radius 2 is 2.17 bits per heavy atom. The molecule has 1 aromatic heterocycles. The van der Waals surface area contributed by atoms with Crippen molar-refractivity contribution in [3.05, 3.63) is 35.5 Å². The molecule has 0 saturated heterocycles. The van der Waals surface area contributed by atoms with E-state index in [9.17, 15) is 14.0 Å². The second kappa shape index (κ2) is 7.67. The highest BCUT2D eigenvalue weighted by Crippen LogP contribution is 2.19. The number of carbonyl (C=O) groups is 2. The van der Waals surface area contributed by atoms with Crippen LogP contribution in [0.1, 0.15) is 24.8 Å². The molecule has 7 nitrogen and oxygen atoms in total. The van der Waals surface area contributed by atoms with Crippen LogP contribution in [-0.2, 0) is 16.0 Å². The predicted molar refractivity (Wildman–Crippen MR) is 82.6 cm³/mol. The Morgan fingerprint density at radius 1 is 1.42 bits per heavy atom. The first-order valence-corrected chi connectivity index (χ1v) is 7.45. The van der Waals surface area contributed by atoms with Crippen LogP contribution >= 0.6 is 0 Å². The van der Waals surface area contributed by atoms with Gasteiger partial charge in [-0.15, -0.1) is 0 Å². The van der Waals surface area contributed by atoms with Crippen molar-refractivity contribution >= 4 is 11.9 Å². The monoisotopic (exact) mass is 335 g/mol. The number of aryl methyl sites for hydroxylation is 2. The molecule has 24 heavy (non-hydrogen) atoms. The molecule has 0 radical (unpaired) electrons. The van der Waals surface area contributed by atoms with Gasteiger partial charge in [-0.25, -0.2) is 4.39 Å². The molecule has 1 atom stereocenters. The van der Waals surface area contributed by atoms with E-state index in [1.165, 1.54) is 13.0 Å². The lowest BCUT2D eigenvalue weighted by Crippen LogP contribution is -2.31. The maximum absolute atomic E-state index is 13.3. The average Bonchev–Trinajstić information content (AvgIpc) is 3.02. The third-order valence-electron chi connectivity index (χ3n) is 3.48. The van der Waals surface area contributed by atoms with Gasteiger partial charge in [0.05, 0.1) is 5.92 Å². The summed E-state index contributed by atoms with van der Waals surface area (Å²) < 4.78 is 18.3. The van der Waals surface area contributed by atoms with Gasteiger partial charge in [-0.3, -0.25) is 9.59 Å². The zero-order valence-corrected chi connectivity index (χ0v) is 13.4. The number of aromatic nitrogens is 2. The molecule has 0 aliphatic heterocycles. The summed E-state index contributed by atoms with van der Waals surface area (Å²) in [7, 11) is 0. The zero-order chi connectivity index (χ0) is 17.7. The molecule has 1 unspecified atom stereocenters. The molecule has 2 N–H and O–H groups in total. The van der Waals surface area contributed by atoms with E-state index in [1.807, 2.05) is 0 Å². The minimum atomic E-state index is -0.966. The van der Waals surface area contributed by atoms with E-state index in [2.05, 4.69) is 15.5 Å². The lowest BCUT2D eigenvalue weighted by Gasteiger charge is -2.07. The second-order valence-electron chi connectivity index (χ2n) is 5.52. The second-order valence-corrected chi connectivity index (χ2v) is 5.52. The van der Waals surface area contributed by atoms with E-state index in [0.717, 1.165) is 0 Å². The third kappa shape index (κ3) is 4.61. The maximum atomic E-state index is 13.3. The topological polar surface area (TPSA) is 105 Å². The van der Waals surface area contributed by atoms with Gasteiger partial charge in [-0.05, 0) is 30.7 Å². The summed E-state index contributed by atoms with van der Waals surface area (Å²) in [6.07, 6.45) is 0.344. The van der Waals surface area contributed by atoms with Crippen molar-refractivity contribution in [2.45, 2.75) is 26.7 Å². The average molecular weight is 335 g/mol. The molecule has 0 fully saturated rings. The SMILES string of the molecule is Cc1cc(-c2noc(CCC(=O)NCC(C)C(=O)O)n2)ccc1F. The Balaban J connectivity index is 1.88. The molecule has 8 heteroatoms. The van der Waals surface area contributed by atoms with Crippen molar-refractivity contribution in [2.24, 2.45) is 5.92 Å². The summed E-state index contributed by atoms with van der Waals surface area (Å²) >= 11 is 0. The number of carboxylic acids is 1. The maximum Gasteiger partial charge on any atom is 0.308 e. The van der Waals surface area contributed by atoms with Crippen molar-refractivity contribution < 1.29 is 23.6 Å². The highest BCUT2D eigenvalue weighted by atomic mass is 19.1. The highest BCUT2D eigenvalue weighted by Gasteiger charge is 2.14. The number of carboxylic acid groups (broad SMARTS) is 1. The predicted octanol–water partition coefficient (Wildman–Crippen LogP) is 1.95. The molecule has 128 valence electrons. The van der Waals surface area contributed by atoms with Gasteiger partial charge < -0.3 is 14.9 Å². The van der Waals surface area contributed by atoms with Gasteiger partial charge in [0.2, 0.25) is 17.6 Å². The minimum absolute atomic E-state index is 0.0676. The van der Waals surface area contributed by atoms with Crippen LogP contribution in [0.3, 0.4) is 0 Å². The molecule has 1 heterocycles. The smallest absolute Gasteiger partial charge is 0.308 e. The highest BCUT2D eigenvalue weighted by molar-refractivity contribution is 5.77. The molecular formula is C16H18FN3O4. The minimum Gasteiger partial charge on any atom is -0.481 e. The Hall–Kier alpha value is -2.77. The van der Waals surface area contributed by atoms with Gasteiger partial charge in [-0.2, -0.15) is 4.98 Å². The van der Waals surface area contributed by atoms with E-state index in [4.69, 9.17) is 9.63 Å². The van der Waals surface area contributed by atoms with Crippen LogP contribution in [0.2, 0.25) is 0 Å². The molecule has 0 bridgehead atoms. The van der Waals surface area contributed by atoms with Crippen LogP contribution in [0.15, 0.2) is 22.7 Å². The quantitative estimate of drug-likeness (QED) is 0.801. The summed E-state index contributed by atoms with van der Waals surface area (Å²) in [4.78, 5) is 26.5. The number of hydrogen-bond acceptors (Lipinski definition) is 5. The first-order valence-electron chi connectivity index (χ1n) is 7.45. The van der Waals surface area contributed by atoms with Crippen LogP contribution in [0.25, 0.3) is 11.4 Å². The van der Waals surface area contributed by atoms with Crippen molar-refractivity contribution in [1.82, 2.24) is 15.5 Å². The van der Waals surface area contributed by atoms with Crippen molar-refractivity contribution in [3.63, 3.8) is 0 Å². The largest absolute Gasteiger partial charge is 0.481 e. The summed E-state index contributed by atoms with van der Waals surface area (Å²) in [5.41, 5.74) is 1.11. The number of carbonyl (C=O) groups excluding carboxylic acids is 1. The first-order chi connectivity index (χ1) is 11.4. The van der Waals surface area contributed by atoms with E-state index < -0.39 is 11.9 Å². The van der Waals surface area contributed by atoms with Crippen molar-refractivity contribution in [2.75, 3.05) is 6.54 Å².